The zero-order valence-electron chi connectivity index (χ0n) is 18.0. The second kappa shape index (κ2) is 10.8. The van der Waals surface area contributed by atoms with Gasteiger partial charge in [-0.15, -0.1) is 0 Å². The molecule has 2 aromatic carbocycles. The molecule has 1 aliphatic rings. The van der Waals surface area contributed by atoms with E-state index in [4.69, 9.17) is 14.2 Å². The second-order valence-corrected chi connectivity index (χ2v) is 7.30. The molecule has 7 nitrogen and oxygen atoms in total. The van der Waals surface area contributed by atoms with Crippen LogP contribution in [0.5, 0.6) is 17.2 Å². The predicted molar refractivity (Wildman–Crippen MR) is 118 cm³/mol. The van der Waals surface area contributed by atoms with E-state index in [1.54, 1.807) is 14.2 Å². The molecule has 1 fully saturated rings. The Kier molecular flexibility index (Phi) is 7.93. The zero-order valence-corrected chi connectivity index (χ0v) is 18.0. The number of carbonyl (C=O) groups is 1. The van der Waals surface area contributed by atoms with Crippen LogP contribution in [0.2, 0.25) is 0 Å². The fourth-order valence-corrected chi connectivity index (χ4v) is 3.43. The Labute approximate surface area is 178 Å². The van der Waals surface area contributed by atoms with Crippen molar-refractivity contribution in [1.29, 1.82) is 0 Å². The highest BCUT2D eigenvalue weighted by Gasteiger charge is 2.25. The molecule has 0 radical (unpaired) electrons. The molecule has 0 aromatic heterocycles. The first-order valence-electron chi connectivity index (χ1n) is 10.3. The van der Waals surface area contributed by atoms with Crippen LogP contribution in [0.1, 0.15) is 6.92 Å². The first-order chi connectivity index (χ1) is 14.6. The highest BCUT2D eigenvalue weighted by molar-refractivity contribution is 5.94. The topological polar surface area (TPSA) is 63.3 Å². The summed E-state index contributed by atoms with van der Waals surface area (Å²) in [4.78, 5) is 17.2. The van der Waals surface area contributed by atoms with Gasteiger partial charge in [0.2, 0.25) is 5.91 Å². The van der Waals surface area contributed by atoms with Gasteiger partial charge < -0.3 is 19.5 Å². The predicted octanol–water partition coefficient (Wildman–Crippen LogP) is 2.73. The van der Waals surface area contributed by atoms with Gasteiger partial charge in [0, 0.05) is 38.4 Å². The number of methoxy groups -OCH3 is 2. The molecule has 1 heterocycles. The van der Waals surface area contributed by atoms with Crippen molar-refractivity contribution >= 4 is 11.6 Å². The van der Waals surface area contributed by atoms with Crippen molar-refractivity contribution in [3.8, 4) is 17.2 Å². The molecule has 0 unspecified atom stereocenters. The van der Waals surface area contributed by atoms with Crippen LogP contribution in [0.25, 0.3) is 0 Å². The quantitative estimate of drug-likeness (QED) is 0.682. The lowest BCUT2D eigenvalue weighted by Gasteiger charge is -2.37. The van der Waals surface area contributed by atoms with Gasteiger partial charge >= 0.3 is 0 Å². The van der Waals surface area contributed by atoms with Gasteiger partial charge in [-0.1, -0.05) is 0 Å². The number of nitrogens with one attached hydrogen (secondary N) is 1. The molecular weight excluding hydrogens is 382 g/mol. The highest BCUT2D eigenvalue weighted by Crippen LogP contribution is 2.18. The minimum absolute atomic E-state index is 0.0106. The van der Waals surface area contributed by atoms with Crippen molar-refractivity contribution in [2.24, 2.45) is 0 Å². The van der Waals surface area contributed by atoms with Gasteiger partial charge in [-0.2, -0.15) is 0 Å². The molecule has 0 saturated carbocycles. The molecule has 0 bridgehead atoms. The maximum atomic E-state index is 12.6. The summed E-state index contributed by atoms with van der Waals surface area (Å²) in [5.41, 5.74) is 0.780. The van der Waals surface area contributed by atoms with Crippen LogP contribution in [-0.2, 0) is 4.79 Å². The van der Waals surface area contributed by atoms with Gasteiger partial charge in [0.25, 0.3) is 0 Å². The fraction of sp³-hybridized carbons (Fsp3) is 0.435. The first kappa shape index (κ1) is 21.9. The Morgan fingerprint density at radius 2 is 1.43 bits per heavy atom. The van der Waals surface area contributed by atoms with Gasteiger partial charge in [-0.3, -0.25) is 14.6 Å². The van der Waals surface area contributed by atoms with Crippen LogP contribution in [0.3, 0.4) is 0 Å². The minimum Gasteiger partial charge on any atom is -0.497 e. The average Bonchev–Trinajstić information content (AvgIpc) is 2.80. The number of ether oxygens (including phenoxy) is 3. The average molecular weight is 414 g/mol. The number of hydrogen-bond acceptors (Lipinski definition) is 6. The van der Waals surface area contributed by atoms with Crippen LogP contribution < -0.4 is 19.5 Å². The largest absolute Gasteiger partial charge is 0.497 e. The molecule has 30 heavy (non-hydrogen) atoms. The van der Waals surface area contributed by atoms with Crippen molar-refractivity contribution < 1.29 is 19.0 Å². The summed E-state index contributed by atoms with van der Waals surface area (Å²) in [6.07, 6.45) is 0. The van der Waals surface area contributed by atoms with Gasteiger partial charge in [-0.05, 0) is 55.5 Å². The van der Waals surface area contributed by atoms with Crippen molar-refractivity contribution in [3.63, 3.8) is 0 Å². The Bertz CT molecular complexity index is 787. The van der Waals surface area contributed by atoms with Crippen molar-refractivity contribution in [2.75, 3.05) is 58.9 Å². The van der Waals surface area contributed by atoms with Gasteiger partial charge in [0.05, 0.1) is 20.3 Å². The third-order valence-corrected chi connectivity index (χ3v) is 5.43. The third-order valence-electron chi connectivity index (χ3n) is 5.43. The molecule has 2 aromatic rings. The summed E-state index contributed by atoms with van der Waals surface area (Å²) in [6.45, 7) is 7.03. The van der Waals surface area contributed by atoms with E-state index in [0.717, 1.165) is 55.7 Å². The maximum absolute atomic E-state index is 12.6. The van der Waals surface area contributed by atoms with Gasteiger partial charge in [0.15, 0.2) is 0 Å². The lowest BCUT2D eigenvalue weighted by Crippen LogP contribution is -2.53. The van der Waals surface area contributed by atoms with Crippen LogP contribution in [0, 0.1) is 0 Å². The summed E-state index contributed by atoms with van der Waals surface area (Å²) in [6, 6.07) is 14.8. The van der Waals surface area contributed by atoms with E-state index in [9.17, 15) is 4.79 Å². The monoisotopic (exact) mass is 413 g/mol. The minimum atomic E-state index is -0.176. The molecule has 1 saturated heterocycles. The van der Waals surface area contributed by atoms with E-state index in [1.165, 1.54) is 0 Å². The molecule has 1 atom stereocenters. The van der Waals surface area contributed by atoms with E-state index < -0.39 is 0 Å². The highest BCUT2D eigenvalue weighted by atomic mass is 16.5. The number of amides is 1. The summed E-state index contributed by atoms with van der Waals surface area (Å²) in [5, 5.41) is 2.98. The van der Waals surface area contributed by atoms with E-state index in [2.05, 4.69) is 15.1 Å². The molecule has 162 valence electrons. The fourth-order valence-electron chi connectivity index (χ4n) is 3.43. The number of hydrogen-bond donors (Lipinski definition) is 1. The molecule has 1 aliphatic heterocycles. The smallest absolute Gasteiger partial charge is 0.241 e. The summed E-state index contributed by atoms with van der Waals surface area (Å²) in [5.74, 6) is 2.45. The molecule has 0 aliphatic carbocycles. The Morgan fingerprint density at radius 3 is 2.00 bits per heavy atom. The molecule has 3 rings (SSSR count). The van der Waals surface area contributed by atoms with Crippen LogP contribution in [0.4, 0.5) is 5.69 Å². The lowest BCUT2D eigenvalue weighted by molar-refractivity contribution is -0.121. The van der Waals surface area contributed by atoms with E-state index >= 15 is 0 Å². The SMILES string of the molecule is COc1ccc(NC(=O)[C@H](C)N2CCN(CCOc3ccc(OC)cc3)CC2)cc1. The summed E-state index contributed by atoms with van der Waals surface area (Å²) >= 11 is 0. The Morgan fingerprint density at radius 1 is 0.900 bits per heavy atom. The summed E-state index contributed by atoms with van der Waals surface area (Å²) < 4.78 is 16.1. The second-order valence-electron chi connectivity index (χ2n) is 7.30. The molecule has 1 N–H and O–H groups in total. The molecule has 7 heteroatoms. The van der Waals surface area contributed by atoms with E-state index in [0.29, 0.717) is 6.61 Å². The Balaban J connectivity index is 1.37. The number of anilines is 1. The molecular formula is C23H31N3O4. The third kappa shape index (κ3) is 6.11. The number of carbonyl (C=O) groups excluding carboxylic acids is 1. The van der Waals surface area contributed by atoms with Gasteiger partial charge in [0.1, 0.15) is 23.9 Å². The summed E-state index contributed by atoms with van der Waals surface area (Å²) in [7, 11) is 3.28. The maximum Gasteiger partial charge on any atom is 0.241 e. The van der Waals surface area contributed by atoms with Crippen LogP contribution >= 0.6 is 0 Å². The zero-order chi connectivity index (χ0) is 21.3. The first-order valence-corrected chi connectivity index (χ1v) is 10.3. The number of piperazine rings is 1. The number of rotatable bonds is 9. The number of benzene rings is 2. The van der Waals surface area contributed by atoms with Crippen LogP contribution in [0.15, 0.2) is 48.5 Å². The Hall–Kier alpha value is -2.77. The van der Waals surface area contributed by atoms with Crippen molar-refractivity contribution in [1.82, 2.24) is 9.80 Å². The van der Waals surface area contributed by atoms with E-state index in [1.807, 2.05) is 55.5 Å². The van der Waals surface area contributed by atoms with Crippen molar-refractivity contribution in [3.05, 3.63) is 48.5 Å². The lowest BCUT2D eigenvalue weighted by atomic mass is 10.2. The van der Waals surface area contributed by atoms with Crippen molar-refractivity contribution in [2.45, 2.75) is 13.0 Å². The molecule has 0 spiro atoms. The number of nitrogens with zero attached hydrogens (tertiary/aromatic N) is 2. The van der Waals surface area contributed by atoms with E-state index in [-0.39, 0.29) is 11.9 Å². The van der Waals surface area contributed by atoms with Gasteiger partial charge in [-0.25, -0.2) is 0 Å². The molecule has 1 amide bonds. The van der Waals surface area contributed by atoms with Crippen LogP contribution in [-0.4, -0.2) is 75.3 Å². The normalized spacial score (nSPS) is 16.0. The standard InChI is InChI=1S/C23H31N3O4/c1-18(23(27)24-19-4-6-20(28-2)7-5-19)26-14-12-25(13-15-26)16-17-30-22-10-8-21(29-3)9-11-22/h4-11,18H,12-17H2,1-3H3,(H,24,27)/t18-/m0/s1.